The molecule has 0 unspecified atom stereocenters. The molecule has 1 aliphatic rings. The van der Waals surface area contributed by atoms with Crippen molar-refractivity contribution in [2.75, 3.05) is 41.7 Å². The maximum absolute atomic E-state index is 13.4. The van der Waals surface area contributed by atoms with Gasteiger partial charge in [0, 0.05) is 55.0 Å². The van der Waals surface area contributed by atoms with Gasteiger partial charge in [0.2, 0.25) is 10.0 Å². The molecular weight excluding hydrogens is 516 g/mol. The molecule has 0 spiro atoms. The van der Waals surface area contributed by atoms with Crippen molar-refractivity contribution in [3.05, 3.63) is 27.8 Å². The van der Waals surface area contributed by atoms with Crippen molar-refractivity contribution in [3.8, 4) is 12.3 Å². The molecule has 0 bridgehead atoms. The van der Waals surface area contributed by atoms with Crippen LogP contribution in [0.3, 0.4) is 0 Å². The number of hydrogen-bond acceptors (Lipinski definition) is 6. The van der Waals surface area contributed by atoms with Crippen molar-refractivity contribution in [1.82, 2.24) is 4.31 Å². The van der Waals surface area contributed by atoms with E-state index in [-0.39, 0.29) is 35.3 Å². The van der Waals surface area contributed by atoms with Gasteiger partial charge in [-0.05, 0) is 12.8 Å². The van der Waals surface area contributed by atoms with E-state index in [1.54, 1.807) is 0 Å². The highest BCUT2D eigenvalue weighted by molar-refractivity contribution is 9.09. The second-order valence-electron chi connectivity index (χ2n) is 6.35. The maximum Gasteiger partial charge on any atom is 0.272 e. The van der Waals surface area contributed by atoms with Crippen molar-refractivity contribution in [1.29, 1.82) is 0 Å². The monoisotopic (exact) mass is 536 g/mol. The van der Waals surface area contributed by atoms with Crippen LogP contribution in [0, 0.1) is 22.5 Å². The van der Waals surface area contributed by atoms with E-state index in [2.05, 4.69) is 37.8 Å². The van der Waals surface area contributed by atoms with Crippen molar-refractivity contribution < 1.29 is 13.3 Å². The minimum Gasteiger partial charge on any atom is -0.368 e. The number of nitrogens with two attached hydrogens (primary N) is 1. The van der Waals surface area contributed by atoms with Crippen LogP contribution in [0.2, 0.25) is 0 Å². The van der Waals surface area contributed by atoms with Crippen LogP contribution in [-0.4, -0.2) is 60.5 Å². The lowest BCUT2D eigenvalue weighted by molar-refractivity contribution is -0.385. The molecule has 28 heavy (non-hydrogen) atoms. The van der Waals surface area contributed by atoms with Crippen molar-refractivity contribution in [3.63, 3.8) is 0 Å². The Kier molecular flexibility index (Phi) is 8.27. The molecule has 0 aliphatic carbocycles. The molecule has 1 heterocycles. The molecule has 1 saturated heterocycles. The Morgan fingerprint density at radius 2 is 1.86 bits per heavy atom. The quantitative estimate of drug-likeness (QED) is 0.236. The first-order valence-corrected chi connectivity index (χ1v) is 12.4. The topological polar surface area (TPSA) is 110 Å². The number of sulfonamides is 1. The third-order valence-corrected chi connectivity index (χ3v) is 7.19. The number of halogens is 2. The van der Waals surface area contributed by atoms with Crippen LogP contribution >= 0.6 is 31.9 Å². The number of terminal acetylenes is 1. The third-order valence-electron chi connectivity index (χ3n) is 4.57. The van der Waals surface area contributed by atoms with Crippen LogP contribution in [0.4, 0.5) is 11.4 Å². The molecule has 1 fully saturated rings. The van der Waals surface area contributed by atoms with Gasteiger partial charge in [0.05, 0.1) is 16.2 Å². The highest BCUT2D eigenvalue weighted by Crippen LogP contribution is 2.36. The van der Waals surface area contributed by atoms with E-state index in [4.69, 9.17) is 12.2 Å². The summed E-state index contributed by atoms with van der Waals surface area (Å²) in [5, 5.41) is 12.5. The van der Waals surface area contributed by atoms with Crippen molar-refractivity contribution >= 4 is 53.3 Å². The molecular formula is C17H22Br2N4O4S. The Morgan fingerprint density at radius 1 is 1.29 bits per heavy atom. The van der Waals surface area contributed by atoms with Crippen LogP contribution in [0.25, 0.3) is 0 Å². The lowest BCUT2D eigenvalue weighted by Crippen LogP contribution is -2.43. The fourth-order valence-electron chi connectivity index (χ4n) is 3.13. The first-order chi connectivity index (χ1) is 13.3. The zero-order chi connectivity index (χ0) is 20.9. The molecule has 0 radical (unpaired) electrons. The van der Waals surface area contributed by atoms with E-state index < -0.39 is 14.9 Å². The van der Waals surface area contributed by atoms with Gasteiger partial charge in [-0.2, -0.15) is 4.31 Å². The summed E-state index contributed by atoms with van der Waals surface area (Å²) in [6.45, 7) is 1.53. The molecule has 2 rings (SSSR count). The molecule has 0 amide bonds. The van der Waals surface area contributed by atoms with E-state index >= 15 is 0 Å². The summed E-state index contributed by atoms with van der Waals surface area (Å²) in [6.07, 6.45) is 6.69. The van der Waals surface area contributed by atoms with E-state index in [1.807, 2.05) is 4.90 Å². The van der Waals surface area contributed by atoms with Gasteiger partial charge >= 0.3 is 0 Å². The number of rotatable bonds is 8. The average Bonchev–Trinajstić information content (AvgIpc) is 2.67. The number of benzene rings is 1. The fraction of sp³-hybridized carbons (Fsp3) is 0.529. The second-order valence-corrected chi connectivity index (χ2v) is 9.84. The fourth-order valence-corrected chi connectivity index (χ4v) is 5.71. The minimum atomic E-state index is -3.98. The van der Waals surface area contributed by atoms with Crippen LogP contribution in [0.5, 0.6) is 0 Å². The summed E-state index contributed by atoms with van der Waals surface area (Å²) in [5.41, 5.74) is 6.05. The second kappa shape index (κ2) is 10.0. The average molecular weight is 538 g/mol. The molecule has 11 heteroatoms. The molecule has 2 N–H and O–H groups in total. The predicted molar refractivity (Wildman–Crippen MR) is 117 cm³/mol. The highest BCUT2D eigenvalue weighted by atomic mass is 79.9. The largest absolute Gasteiger partial charge is 0.368 e. The number of nitro groups is 1. The van der Waals surface area contributed by atoms with Gasteiger partial charge in [-0.25, -0.2) is 8.42 Å². The van der Waals surface area contributed by atoms with E-state index in [0.29, 0.717) is 42.3 Å². The Hall–Kier alpha value is -1.19. The summed E-state index contributed by atoms with van der Waals surface area (Å²) in [7, 11) is -3.98. The summed E-state index contributed by atoms with van der Waals surface area (Å²) >= 11 is 6.74. The van der Waals surface area contributed by atoms with Crippen LogP contribution in [0.15, 0.2) is 17.0 Å². The standard InChI is InChI=1S/C17H22Br2N4O4S/c1-2-13-11-15(23(24)25)12-16(17(13)21(9-5-18)10-6-19)28(26,27)22-7-3-14(20)4-8-22/h1,11-12,14H,3-10,20H2. The molecule has 154 valence electrons. The van der Waals surface area contributed by atoms with Crippen LogP contribution < -0.4 is 10.6 Å². The number of non-ortho nitro benzene ring substituents is 1. The number of nitro benzene ring substituents is 1. The zero-order valence-electron chi connectivity index (χ0n) is 15.2. The number of nitrogens with zero attached hydrogens (tertiary/aromatic N) is 3. The molecule has 1 aromatic rings. The highest BCUT2D eigenvalue weighted by Gasteiger charge is 2.34. The molecule has 0 saturated carbocycles. The molecule has 1 aliphatic heterocycles. The maximum atomic E-state index is 13.4. The Balaban J connectivity index is 2.69. The van der Waals surface area contributed by atoms with Gasteiger partial charge in [0.15, 0.2) is 0 Å². The number of alkyl halides is 2. The smallest absolute Gasteiger partial charge is 0.272 e. The summed E-state index contributed by atoms with van der Waals surface area (Å²) in [4.78, 5) is 12.4. The van der Waals surface area contributed by atoms with E-state index in [0.717, 1.165) is 6.07 Å². The molecule has 0 aromatic heterocycles. The van der Waals surface area contributed by atoms with Crippen molar-refractivity contribution in [2.24, 2.45) is 5.73 Å². The number of anilines is 1. The molecule has 1 aromatic carbocycles. The predicted octanol–water partition coefficient (Wildman–Crippen LogP) is 2.28. The zero-order valence-corrected chi connectivity index (χ0v) is 19.2. The summed E-state index contributed by atoms with van der Waals surface area (Å²) in [5.74, 6) is 2.43. The number of piperidine rings is 1. The van der Waals surface area contributed by atoms with E-state index in [1.165, 1.54) is 10.4 Å². The van der Waals surface area contributed by atoms with Gasteiger partial charge < -0.3 is 10.6 Å². The van der Waals surface area contributed by atoms with Crippen molar-refractivity contribution in [2.45, 2.75) is 23.8 Å². The third kappa shape index (κ3) is 5.04. The lowest BCUT2D eigenvalue weighted by Gasteiger charge is -2.32. The van der Waals surface area contributed by atoms with Gasteiger partial charge in [-0.3, -0.25) is 10.1 Å². The molecule has 0 atom stereocenters. The summed E-state index contributed by atoms with van der Waals surface area (Å²) < 4.78 is 28.2. The van der Waals surface area contributed by atoms with Crippen LogP contribution in [-0.2, 0) is 10.0 Å². The lowest BCUT2D eigenvalue weighted by atomic mass is 10.1. The Bertz CT molecular complexity index is 859. The van der Waals surface area contributed by atoms with Gasteiger partial charge in [-0.1, -0.05) is 37.8 Å². The SMILES string of the molecule is C#Cc1cc([N+](=O)[O-])cc(S(=O)(=O)N2CCC(N)CC2)c1N(CCBr)CCBr. The normalized spacial score (nSPS) is 15.9. The Morgan fingerprint density at radius 3 is 2.32 bits per heavy atom. The first kappa shape index (κ1) is 23.1. The first-order valence-electron chi connectivity index (χ1n) is 8.68. The van der Waals surface area contributed by atoms with Crippen LogP contribution in [0.1, 0.15) is 18.4 Å². The summed E-state index contributed by atoms with van der Waals surface area (Å²) in [6, 6.07) is 2.31. The molecule has 8 nitrogen and oxygen atoms in total. The van der Waals surface area contributed by atoms with Gasteiger partial charge in [0.25, 0.3) is 5.69 Å². The number of hydrogen-bond donors (Lipinski definition) is 1. The Labute approximate surface area is 181 Å². The minimum absolute atomic E-state index is 0.0457. The van der Waals surface area contributed by atoms with Gasteiger partial charge in [-0.15, -0.1) is 6.42 Å². The van der Waals surface area contributed by atoms with Gasteiger partial charge in [0.1, 0.15) is 4.90 Å². The van der Waals surface area contributed by atoms with E-state index in [9.17, 15) is 18.5 Å².